The van der Waals surface area contributed by atoms with Gasteiger partial charge in [0.05, 0.1) is 18.2 Å². The van der Waals surface area contributed by atoms with Gasteiger partial charge in [-0.25, -0.2) is 15.2 Å². The molecule has 1 aromatic rings. The van der Waals surface area contributed by atoms with Crippen LogP contribution in [0.1, 0.15) is 44.2 Å². The Kier molecular flexibility index (Phi) is 14.0. The Morgan fingerprint density at radius 3 is 2.57 bits per heavy atom. The fourth-order valence-electron chi connectivity index (χ4n) is 3.34. The monoisotopic (exact) mass is 505 g/mol. The Morgan fingerprint density at radius 2 is 2.00 bits per heavy atom. The molecule has 0 unspecified atom stereocenters. The van der Waals surface area contributed by atoms with Gasteiger partial charge in [-0.05, 0) is 43.1 Å². The lowest BCUT2D eigenvalue weighted by atomic mass is 10.0. The van der Waals surface area contributed by atoms with Crippen molar-refractivity contribution in [2.75, 3.05) is 25.4 Å². The number of pyridine rings is 1. The average Bonchev–Trinajstić information content (AvgIpc) is 2.92. The fraction of sp³-hybridized carbons (Fsp3) is 0.375. The number of anilines is 1. The summed E-state index contributed by atoms with van der Waals surface area (Å²) < 4.78 is 13.5. The van der Waals surface area contributed by atoms with E-state index in [2.05, 4.69) is 33.7 Å². The summed E-state index contributed by atoms with van der Waals surface area (Å²) in [6.07, 6.45) is 11.6. The SMILES string of the molecule is C=CC=C.CC.N/N=C(/c1cc(C2=CN(C3CCNCC3)N=CC2)cnc1N)N(N)C/C(F)=C/Cl. The fourth-order valence-corrected chi connectivity index (χ4v) is 3.41. The minimum absolute atomic E-state index is 0.103. The van der Waals surface area contributed by atoms with Gasteiger partial charge in [-0.2, -0.15) is 10.2 Å². The lowest BCUT2D eigenvalue weighted by Gasteiger charge is -2.32. The molecule has 7 N–H and O–H groups in total. The number of halogens is 2. The van der Waals surface area contributed by atoms with Crippen molar-refractivity contribution in [3.63, 3.8) is 0 Å². The molecule has 1 saturated heterocycles. The molecule has 3 heterocycles. The zero-order valence-electron chi connectivity index (χ0n) is 20.5. The average molecular weight is 506 g/mol. The van der Waals surface area contributed by atoms with E-state index in [9.17, 15) is 4.39 Å². The molecule has 9 nitrogen and oxygen atoms in total. The van der Waals surface area contributed by atoms with Crippen molar-refractivity contribution in [1.29, 1.82) is 0 Å². The first-order valence-electron chi connectivity index (χ1n) is 11.4. The largest absolute Gasteiger partial charge is 0.383 e. The van der Waals surface area contributed by atoms with Crippen LogP contribution in [-0.4, -0.2) is 52.7 Å². The molecule has 1 aromatic heterocycles. The normalized spacial score (nSPS) is 16.3. The van der Waals surface area contributed by atoms with Crippen LogP contribution in [0.25, 0.3) is 5.57 Å². The van der Waals surface area contributed by atoms with E-state index in [1.54, 1.807) is 24.4 Å². The van der Waals surface area contributed by atoms with Crippen molar-refractivity contribution >= 4 is 35.0 Å². The van der Waals surface area contributed by atoms with E-state index in [1.807, 2.05) is 31.3 Å². The van der Waals surface area contributed by atoms with E-state index >= 15 is 0 Å². The summed E-state index contributed by atoms with van der Waals surface area (Å²) in [5, 5.41) is 14.6. The van der Waals surface area contributed by atoms with E-state index in [0.29, 0.717) is 18.0 Å². The van der Waals surface area contributed by atoms with Crippen LogP contribution in [-0.2, 0) is 0 Å². The van der Waals surface area contributed by atoms with Crippen LogP contribution in [0, 0.1) is 0 Å². The molecule has 3 rings (SSSR count). The number of hydrazone groups is 2. The van der Waals surface area contributed by atoms with Gasteiger partial charge >= 0.3 is 0 Å². The number of hydrogen-bond acceptors (Lipinski definition) is 8. The lowest BCUT2D eigenvalue weighted by Crippen LogP contribution is -2.40. The van der Waals surface area contributed by atoms with Gasteiger partial charge < -0.3 is 16.9 Å². The van der Waals surface area contributed by atoms with E-state index in [4.69, 9.17) is 29.0 Å². The number of hydrogen-bond donors (Lipinski definition) is 4. The number of aromatic nitrogens is 1. The first-order valence-corrected chi connectivity index (χ1v) is 11.9. The third kappa shape index (κ3) is 9.16. The number of nitrogens with two attached hydrogens (primary N) is 3. The number of rotatable bonds is 6. The van der Waals surface area contributed by atoms with Crippen LogP contribution in [0.15, 0.2) is 65.3 Å². The Bertz CT molecular complexity index is 931. The Labute approximate surface area is 212 Å². The van der Waals surface area contributed by atoms with Gasteiger partial charge in [-0.3, -0.25) is 10.0 Å². The molecular weight excluding hydrogens is 469 g/mol. The minimum Gasteiger partial charge on any atom is -0.383 e. The molecule has 2 aliphatic heterocycles. The molecule has 0 bridgehead atoms. The second-order valence-electron chi connectivity index (χ2n) is 7.28. The zero-order valence-corrected chi connectivity index (χ0v) is 21.3. The van der Waals surface area contributed by atoms with Crippen molar-refractivity contribution < 1.29 is 4.39 Å². The molecule has 0 saturated carbocycles. The number of piperidine rings is 1. The summed E-state index contributed by atoms with van der Waals surface area (Å²) in [7, 11) is 0. The summed E-state index contributed by atoms with van der Waals surface area (Å²) in [6, 6.07) is 2.15. The predicted octanol–water partition coefficient (Wildman–Crippen LogP) is 3.68. The van der Waals surface area contributed by atoms with Crippen molar-refractivity contribution in [2.45, 2.75) is 39.2 Å². The zero-order chi connectivity index (χ0) is 26.2. The third-order valence-corrected chi connectivity index (χ3v) is 5.26. The summed E-state index contributed by atoms with van der Waals surface area (Å²) in [5.41, 5.74) is 9.08. The van der Waals surface area contributed by atoms with E-state index in [0.717, 1.165) is 47.6 Å². The van der Waals surface area contributed by atoms with Gasteiger partial charge in [0.1, 0.15) is 11.6 Å². The standard InChI is InChI=1S/C18H25ClFN9.C4H6.C2H6/c19-8-14(20)11-28(23)18(27-22)16-7-13(9-25-17(16)21)12-1-6-26-29(10-12)15-2-4-24-5-3-15;1-3-4-2;1-2/h6-10,15,24H,1-5,11,22-23H2,(H2,21,25);3-4H,1-2H2;1-2H3/b14-8-,27-18-;;. The van der Waals surface area contributed by atoms with Gasteiger partial charge in [-0.15, -0.1) is 0 Å². The second kappa shape index (κ2) is 16.4. The van der Waals surface area contributed by atoms with Crippen molar-refractivity contribution in [3.8, 4) is 0 Å². The van der Waals surface area contributed by atoms with E-state index in [-0.39, 0.29) is 18.2 Å². The summed E-state index contributed by atoms with van der Waals surface area (Å²) in [5.74, 6) is 11.1. The topological polar surface area (TPSA) is 134 Å². The van der Waals surface area contributed by atoms with Crippen LogP contribution in [0.5, 0.6) is 0 Å². The molecule has 0 amide bonds. The molecule has 35 heavy (non-hydrogen) atoms. The molecule has 0 atom stereocenters. The highest BCUT2D eigenvalue weighted by atomic mass is 35.5. The maximum absolute atomic E-state index is 13.5. The quantitative estimate of drug-likeness (QED) is 0.152. The first-order chi connectivity index (χ1) is 16.9. The van der Waals surface area contributed by atoms with Crippen LogP contribution in [0.2, 0.25) is 0 Å². The number of nitrogens with one attached hydrogen (secondary N) is 1. The van der Waals surface area contributed by atoms with Crippen LogP contribution >= 0.6 is 11.6 Å². The highest BCUT2D eigenvalue weighted by Crippen LogP contribution is 2.26. The smallest absolute Gasteiger partial charge is 0.173 e. The Balaban J connectivity index is 0.000000926. The molecule has 192 valence electrons. The lowest BCUT2D eigenvalue weighted by molar-refractivity contribution is 0.233. The minimum atomic E-state index is -0.637. The summed E-state index contributed by atoms with van der Waals surface area (Å²) in [4.78, 5) is 4.25. The molecule has 11 heteroatoms. The maximum atomic E-state index is 13.5. The predicted molar refractivity (Wildman–Crippen MR) is 146 cm³/mol. The maximum Gasteiger partial charge on any atom is 0.173 e. The van der Waals surface area contributed by atoms with Crippen LogP contribution in [0.4, 0.5) is 10.2 Å². The molecule has 0 aliphatic carbocycles. The summed E-state index contributed by atoms with van der Waals surface area (Å²) >= 11 is 5.37. The van der Waals surface area contributed by atoms with Gasteiger partial charge in [0, 0.05) is 30.6 Å². The van der Waals surface area contributed by atoms with E-state index in [1.165, 1.54) is 0 Å². The third-order valence-electron chi connectivity index (χ3n) is 5.03. The second-order valence-corrected chi connectivity index (χ2v) is 7.50. The number of nitrogen functional groups attached to an aromatic ring is 1. The summed E-state index contributed by atoms with van der Waals surface area (Å²) in [6.45, 7) is 12.4. The molecule has 2 aliphatic rings. The molecule has 0 aromatic carbocycles. The highest BCUT2D eigenvalue weighted by Gasteiger charge is 2.22. The number of hydrazine groups is 1. The molecule has 0 spiro atoms. The van der Waals surface area contributed by atoms with Crippen LogP contribution in [0.3, 0.4) is 0 Å². The first kappa shape index (κ1) is 29.8. The number of allylic oxidation sites excluding steroid dienone is 3. The van der Waals surface area contributed by atoms with Crippen LogP contribution < -0.4 is 22.7 Å². The molecular formula is C24H37ClFN9. The van der Waals surface area contributed by atoms with Gasteiger partial charge in [0.15, 0.2) is 5.84 Å². The highest BCUT2D eigenvalue weighted by molar-refractivity contribution is 6.25. The van der Waals surface area contributed by atoms with Crippen molar-refractivity contribution in [3.05, 3.63) is 66.3 Å². The van der Waals surface area contributed by atoms with E-state index < -0.39 is 5.83 Å². The Morgan fingerprint density at radius 1 is 1.34 bits per heavy atom. The number of amidine groups is 1. The molecule has 0 radical (unpaired) electrons. The number of nitrogens with zero attached hydrogens (tertiary/aromatic N) is 5. The van der Waals surface area contributed by atoms with Gasteiger partial charge in [0.2, 0.25) is 0 Å². The molecule has 1 fully saturated rings. The van der Waals surface area contributed by atoms with Gasteiger partial charge in [0.25, 0.3) is 0 Å². The van der Waals surface area contributed by atoms with Crippen molar-refractivity contribution in [1.82, 2.24) is 20.3 Å². The van der Waals surface area contributed by atoms with Gasteiger partial charge in [-0.1, -0.05) is 50.8 Å². The Hall–Kier alpha value is -3.21. The van der Waals surface area contributed by atoms with Crippen molar-refractivity contribution in [2.24, 2.45) is 21.9 Å².